The molecule has 1 aromatic rings. The van der Waals surface area contributed by atoms with Crippen LogP contribution < -0.4 is 10.2 Å². The summed E-state index contributed by atoms with van der Waals surface area (Å²) in [5, 5.41) is 11.8. The van der Waals surface area contributed by atoms with Gasteiger partial charge in [0.25, 0.3) is 0 Å². The highest BCUT2D eigenvalue weighted by Gasteiger charge is 2.35. The molecule has 2 aliphatic heterocycles. The third-order valence-electron chi connectivity index (χ3n) is 3.92. The molecule has 3 rings (SSSR count). The van der Waals surface area contributed by atoms with Crippen molar-refractivity contribution in [3.8, 4) is 0 Å². The van der Waals surface area contributed by atoms with Gasteiger partial charge in [-0.1, -0.05) is 0 Å². The van der Waals surface area contributed by atoms with E-state index in [2.05, 4.69) is 27.5 Å². The lowest BCUT2D eigenvalue weighted by Crippen LogP contribution is -2.47. The highest BCUT2D eigenvalue weighted by Crippen LogP contribution is 2.30. The summed E-state index contributed by atoms with van der Waals surface area (Å²) in [6.45, 7) is 0. The van der Waals surface area contributed by atoms with Crippen molar-refractivity contribution in [3.05, 3.63) is 18.3 Å². The minimum Gasteiger partial charge on any atom is -0.355 e. The summed E-state index contributed by atoms with van der Waals surface area (Å²) in [4.78, 5) is 2.29. The zero-order valence-corrected chi connectivity index (χ0v) is 9.63. The number of piperidine rings is 1. The fourth-order valence-corrected chi connectivity index (χ4v) is 3.01. The first-order valence-corrected chi connectivity index (χ1v) is 6.09. The van der Waals surface area contributed by atoms with Gasteiger partial charge in [-0.15, -0.1) is 5.10 Å². The molecule has 1 N–H and O–H groups in total. The largest absolute Gasteiger partial charge is 0.355 e. The monoisotopic (exact) mass is 218 g/mol. The van der Waals surface area contributed by atoms with Gasteiger partial charge in [-0.25, -0.2) is 0 Å². The molecule has 0 radical (unpaired) electrons. The minimum absolute atomic E-state index is 0.621. The van der Waals surface area contributed by atoms with E-state index >= 15 is 0 Å². The van der Waals surface area contributed by atoms with Crippen molar-refractivity contribution in [2.24, 2.45) is 0 Å². The lowest BCUT2D eigenvalue weighted by molar-refractivity contribution is 0.353. The summed E-state index contributed by atoms with van der Waals surface area (Å²) in [5.74, 6) is 0.994. The second-order valence-electron chi connectivity index (χ2n) is 4.96. The average Bonchev–Trinajstić information content (AvgIpc) is 2.68. The molecule has 16 heavy (non-hydrogen) atoms. The molecule has 2 unspecified atom stereocenters. The molecule has 2 saturated heterocycles. The van der Waals surface area contributed by atoms with Crippen LogP contribution in [-0.2, 0) is 0 Å². The summed E-state index contributed by atoms with van der Waals surface area (Å²) < 4.78 is 0. The molecule has 0 spiro atoms. The third kappa shape index (κ3) is 1.78. The molecule has 0 aliphatic carbocycles. The first-order valence-electron chi connectivity index (χ1n) is 6.09. The van der Waals surface area contributed by atoms with Crippen LogP contribution in [0, 0.1) is 0 Å². The van der Waals surface area contributed by atoms with E-state index < -0.39 is 0 Å². The standard InChI is InChI=1S/C12H18N4/c1-16(12-3-2-6-13-15-12)11-7-9-4-5-10(8-11)14-9/h2-3,6,9-11,14H,4-5,7-8H2,1H3. The molecule has 2 aliphatic rings. The van der Waals surface area contributed by atoms with Gasteiger partial charge in [-0.3, -0.25) is 0 Å². The Labute approximate surface area is 96.1 Å². The van der Waals surface area contributed by atoms with Crippen LogP contribution in [0.5, 0.6) is 0 Å². The van der Waals surface area contributed by atoms with Gasteiger partial charge in [-0.2, -0.15) is 5.10 Å². The molecule has 86 valence electrons. The maximum Gasteiger partial charge on any atom is 0.151 e. The molecule has 4 heteroatoms. The van der Waals surface area contributed by atoms with E-state index in [0.717, 1.165) is 17.9 Å². The van der Waals surface area contributed by atoms with Crippen molar-refractivity contribution < 1.29 is 0 Å². The van der Waals surface area contributed by atoms with Crippen LogP contribution in [0.15, 0.2) is 18.3 Å². The number of nitrogens with zero attached hydrogens (tertiary/aromatic N) is 3. The maximum absolute atomic E-state index is 4.18. The summed E-state index contributed by atoms with van der Waals surface area (Å²) in [6.07, 6.45) is 6.89. The molecule has 0 saturated carbocycles. The second-order valence-corrected chi connectivity index (χ2v) is 4.96. The van der Waals surface area contributed by atoms with Gasteiger partial charge in [0.15, 0.2) is 5.82 Å². The Kier molecular flexibility index (Phi) is 2.52. The number of fused-ring (bicyclic) bond motifs is 2. The van der Waals surface area contributed by atoms with Gasteiger partial charge in [0.05, 0.1) is 0 Å². The van der Waals surface area contributed by atoms with Crippen molar-refractivity contribution in [2.45, 2.75) is 43.8 Å². The lowest BCUT2D eigenvalue weighted by atomic mass is 9.98. The van der Waals surface area contributed by atoms with Gasteiger partial charge < -0.3 is 10.2 Å². The molecule has 0 aromatic carbocycles. The first-order chi connectivity index (χ1) is 7.83. The molecule has 1 aromatic heterocycles. The third-order valence-corrected chi connectivity index (χ3v) is 3.92. The van der Waals surface area contributed by atoms with Crippen molar-refractivity contribution in [1.82, 2.24) is 15.5 Å². The Hall–Kier alpha value is -1.16. The Morgan fingerprint density at radius 1 is 1.31 bits per heavy atom. The molecule has 2 atom stereocenters. The highest BCUT2D eigenvalue weighted by atomic mass is 15.3. The van der Waals surface area contributed by atoms with Crippen LogP contribution in [0.3, 0.4) is 0 Å². The summed E-state index contributed by atoms with van der Waals surface area (Å²) >= 11 is 0. The van der Waals surface area contributed by atoms with Crippen molar-refractivity contribution >= 4 is 5.82 Å². The number of hydrogen-bond donors (Lipinski definition) is 1. The molecular weight excluding hydrogens is 200 g/mol. The van der Waals surface area contributed by atoms with E-state index in [1.807, 2.05) is 12.1 Å². The van der Waals surface area contributed by atoms with E-state index in [4.69, 9.17) is 0 Å². The van der Waals surface area contributed by atoms with Crippen LogP contribution in [0.25, 0.3) is 0 Å². The zero-order chi connectivity index (χ0) is 11.0. The van der Waals surface area contributed by atoms with E-state index in [1.165, 1.54) is 25.7 Å². The van der Waals surface area contributed by atoms with Gasteiger partial charge in [0, 0.05) is 31.4 Å². The predicted octanol–water partition coefficient (Wildman–Crippen LogP) is 1.20. The maximum atomic E-state index is 4.18. The number of rotatable bonds is 2. The minimum atomic E-state index is 0.621. The molecule has 0 amide bonds. The molecule has 2 bridgehead atoms. The normalized spacial score (nSPS) is 32.7. The Morgan fingerprint density at radius 2 is 2.06 bits per heavy atom. The van der Waals surface area contributed by atoms with Crippen molar-refractivity contribution in [2.75, 3.05) is 11.9 Å². The van der Waals surface area contributed by atoms with Crippen LogP contribution >= 0.6 is 0 Å². The molecule has 4 nitrogen and oxygen atoms in total. The van der Waals surface area contributed by atoms with Gasteiger partial charge in [-0.05, 0) is 37.8 Å². The Morgan fingerprint density at radius 3 is 2.69 bits per heavy atom. The number of hydrogen-bond acceptors (Lipinski definition) is 4. The summed E-state index contributed by atoms with van der Waals surface area (Å²) in [5.41, 5.74) is 0. The SMILES string of the molecule is CN(c1cccnn1)C1CC2CCC(C1)N2. The van der Waals surface area contributed by atoms with Gasteiger partial charge in [0.2, 0.25) is 0 Å². The van der Waals surface area contributed by atoms with Gasteiger partial charge in [0.1, 0.15) is 0 Å². The second kappa shape index (κ2) is 4.01. The van der Waals surface area contributed by atoms with Crippen LogP contribution in [-0.4, -0.2) is 35.4 Å². The number of anilines is 1. The number of nitrogens with one attached hydrogen (secondary N) is 1. The van der Waals surface area contributed by atoms with Crippen LogP contribution in [0.4, 0.5) is 5.82 Å². The van der Waals surface area contributed by atoms with E-state index in [-0.39, 0.29) is 0 Å². The van der Waals surface area contributed by atoms with E-state index in [0.29, 0.717) is 6.04 Å². The lowest BCUT2D eigenvalue weighted by Gasteiger charge is -2.35. The quantitative estimate of drug-likeness (QED) is 0.809. The van der Waals surface area contributed by atoms with Crippen LogP contribution in [0.2, 0.25) is 0 Å². The fourth-order valence-electron chi connectivity index (χ4n) is 3.01. The molecule has 2 fully saturated rings. The van der Waals surface area contributed by atoms with Crippen molar-refractivity contribution in [1.29, 1.82) is 0 Å². The first kappa shape index (κ1) is 10.0. The van der Waals surface area contributed by atoms with Crippen molar-refractivity contribution in [3.63, 3.8) is 0 Å². The zero-order valence-electron chi connectivity index (χ0n) is 9.63. The average molecular weight is 218 g/mol. The summed E-state index contributed by atoms with van der Waals surface area (Å²) in [7, 11) is 2.14. The molecule has 3 heterocycles. The van der Waals surface area contributed by atoms with Crippen LogP contribution in [0.1, 0.15) is 25.7 Å². The summed E-state index contributed by atoms with van der Waals surface area (Å²) in [6, 6.07) is 6.06. The highest BCUT2D eigenvalue weighted by molar-refractivity contribution is 5.37. The number of aromatic nitrogens is 2. The van der Waals surface area contributed by atoms with E-state index in [9.17, 15) is 0 Å². The predicted molar refractivity (Wildman–Crippen MR) is 63.4 cm³/mol. The molecular formula is C12H18N4. The fraction of sp³-hybridized carbons (Fsp3) is 0.667. The smallest absolute Gasteiger partial charge is 0.151 e. The topological polar surface area (TPSA) is 41.1 Å². The van der Waals surface area contributed by atoms with E-state index in [1.54, 1.807) is 6.20 Å². The Bertz CT molecular complexity index is 341. The van der Waals surface area contributed by atoms with Gasteiger partial charge >= 0.3 is 0 Å². The Balaban J connectivity index is 1.73.